The highest BCUT2D eigenvalue weighted by Gasteiger charge is 2.43. The van der Waals surface area contributed by atoms with E-state index in [1.165, 1.54) is 19.3 Å². The van der Waals surface area contributed by atoms with E-state index in [0.717, 1.165) is 12.5 Å². The third-order valence-electron chi connectivity index (χ3n) is 3.13. The summed E-state index contributed by atoms with van der Waals surface area (Å²) >= 11 is 0. The van der Waals surface area contributed by atoms with E-state index in [0.29, 0.717) is 17.9 Å². The van der Waals surface area contributed by atoms with Gasteiger partial charge in [-0.1, -0.05) is 0 Å². The van der Waals surface area contributed by atoms with E-state index in [9.17, 15) is 0 Å². The number of rotatable bonds is 5. The van der Waals surface area contributed by atoms with Crippen molar-refractivity contribution >= 4 is 9.76 Å². The molecule has 2 rings (SSSR count). The van der Waals surface area contributed by atoms with E-state index in [1.54, 1.807) is 7.11 Å². The van der Waals surface area contributed by atoms with Gasteiger partial charge in [0, 0.05) is 13.7 Å². The lowest BCUT2D eigenvalue weighted by molar-refractivity contribution is 0.0668. The molecular weight excluding hydrogens is 196 g/mol. The Balaban J connectivity index is 1.60. The number of fused-ring (bicyclic) bond motifs is 1. The SMILES string of the molecule is CO[SiH2]C(C)OCC1CCC2OC2C1. The van der Waals surface area contributed by atoms with Crippen LogP contribution in [0.1, 0.15) is 26.2 Å². The van der Waals surface area contributed by atoms with Crippen LogP contribution < -0.4 is 0 Å². The molecule has 0 bridgehead atoms. The van der Waals surface area contributed by atoms with Crippen molar-refractivity contribution in [1.82, 2.24) is 0 Å². The third kappa shape index (κ3) is 2.79. The number of epoxide rings is 1. The van der Waals surface area contributed by atoms with Crippen molar-refractivity contribution in [2.24, 2.45) is 5.92 Å². The van der Waals surface area contributed by atoms with Gasteiger partial charge in [-0.15, -0.1) is 0 Å². The molecule has 0 amide bonds. The van der Waals surface area contributed by atoms with E-state index in [4.69, 9.17) is 13.9 Å². The van der Waals surface area contributed by atoms with Gasteiger partial charge in [-0.3, -0.25) is 0 Å². The van der Waals surface area contributed by atoms with E-state index in [-0.39, 0.29) is 0 Å². The topological polar surface area (TPSA) is 31.0 Å². The largest absolute Gasteiger partial charge is 0.425 e. The van der Waals surface area contributed by atoms with Crippen LogP contribution in [0.4, 0.5) is 0 Å². The van der Waals surface area contributed by atoms with Crippen LogP contribution in [0.5, 0.6) is 0 Å². The first kappa shape index (κ1) is 10.6. The van der Waals surface area contributed by atoms with Crippen LogP contribution in [0.15, 0.2) is 0 Å². The molecular formula is C10H20O3Si. The Bertz CT molecular complexity index is 188. The molecule has 1 heterocycles. The summed E-state index contributed by atoms with van der Waals surface area (Å²) in [6.45, 7) is 3.03. The molecule has 0 aromatic heterocycles. The van der Waals surface area contributed by atoms with Gasteiger partial charge in [0.15, 0.2) is 9.76 Å². The average molecular weight is 216 g/mol. The smallest absolute Gasteiger partial charge is 0.189 e. The van der Waals surface area contributed by atoms with Crippen LogP contribution in [-0.4, -0.2) is 41.4 Å². The second kappa shape index (κ2) is 4.75. The Labute approximate surface area is 88.1 Å². The van der Waals surface area contributed by atoms with Crippen molar-refractivity contribution in [2.75, 3.05) is 13.7 Å². The van der Waals surface area contributed by atoms with E-state index in [2.05, 4.69) is 6.92 Å². The zero-order valence-electron chi connectivity index (χ0n) is 9.07. The lowest BCUT2D eigenvalue weighted by atomic mass is 9.90. The fourth-order valence-electron chi connectivity index (χ4n) is 2.22. The lowest BCUT2D eigenvalue weighted by Crippen LogP contribution is -2.25. The van der Waals surface area contributed by atoms with Crippen molar-refractivity contribution in [1.29, 1.82) is 0 Å². The maximum absolute atomic E-state index is 5.77. The van der Waals surface area contributed by atoms with Crippen LogP contribution in [0.25, 0.3) is 0 Å². The van der Waals surface area contributed by atoms with Crippen molar-refractivity contribution in [3.05, 3.63) is 0 Å². The molecule has 1 aliphatic carbocycles. The van der Waals surface area contributed by atoms with Gasteiger partial charge in [0.2, 0.25) is 0 Å². The molecule has 0 radical (unpaired) electrons. The summed E-state index contributed by atoms with van der Waals surface area (Å²) in [6.07, 6.45) is 4.92. The summed E-state index contributed by atoms with van der Waals surface area (Å²) in [5.41, 5.74) is 0.359. The van der Waals surface area contributed by atoms with E-state index >= 15 is 0 Å². The normalized spacial score (nSPS) is 38.6. The van der Waals surface area contributed by atoms with Gasteiger partial charge in [-0.05, 0) is 32.1 Å². The highest BCUT2D eigenvalue weighted by atomic mass is 28.2. The Kier molecular flexibility index (Phi) is 3.60. The fourth-order valence-corrected chi connectivity index (χ4v) is 2.92. The summed E-state index contributed by atoms with van der Waals surface area (Å²) in [6, 6.07) is 0. The molecule has 82 valence electrons. The zero-order valence-corrected chi connectivity index (χ0v) is 10.5. The number of hydrogen-bond donors (Lipinski definition) is 0. The van der Waals surface area contributed by atoms with Crippen LogP contribution in [0, 0.1) is 5.92 Å². The summed E-state index contributed by atoms with van der Waals surface area (Å²) < 4.78 is 16.4. The maximum atomic E-state index is 5.77. The van der Waals surface area contributed by atoms with Crippen molar-refractivity contribution in [3.63, 3.8) is 0 Å². The summed E-state index contributed by atoms with van der Waals surface area (Å²) in [4.78, 5) is 0. The predicted molar refractivity (Wildman–Crippen MR) is 57.0 cm³/mol. The molecule has 1 aliphatic heterocycles. The molecule has 3 nitrogen and oxygen atoms in total. The van der Waals surface area contributed by atoms with Crippen molar-refractivity contribution < 1.29 is 13.9 Å². The quantitative estimate of drug-likeness (QED) is 0.499. The van der Waals surface area contributed by atoms with Gasteiger partial charge in [0.1, 0.15) is 0 Å². The monoisotopic (exact) mass is 216 g/mol. The van der Waals surface area contributed by atoms with Crippen LogP contribution in [0.3, 0.4) is 0 Å². The predicted octanol–water partition coefficient (Wildman–Crippen LogP) is 0.647. The van der Waals surface area contributed by atoms with Gasteiger partial charge in [0.05, 0.1) is 17.9 Å². The molecule has 2 aliphatic rings. The number of hydrogen-bond acceptors (Lipinski definition) is 3. The van der Waals surface area contributed by atoms with Gasteiger partial charge in [-0.25, -0.2) is 0 Å². The molecule has 2 fully saturated rings. The van der Waals surface area contributed by atoms with Gasteiger partial charge in [-0.2, -0.15) is 0 Å². The Morgan fingerprint density at radius 1 is 1.43 bits per heavy atom. The Morgan fingerprint density at radius 2 is 2.29 bits per heavy atom. The molecule has 0 spiro atoms. The molecule has 1 saturated heterocycles. The summed E-state index contributed by atoms with van der Waals surface area (Å²) in [5, 5.41) is 0. The third-order valence-corrected chi connectivity index (χ3v) is 4.17. The standard InChI is InChI=1S/C10H20O3Si/c1-7(14-11-2)12-6-8-3-4-9-10(5-8)13-9/h7-10H,3-6,14H2,1-2H3. The first-order valence-corrected chi connectivity index (χ1v) is 6.95. The van der Waals surface area contributed by atoms with E-state index < -0.39 is 9.76 Å². The minimum Gasteiger partial charge on any atom is -0.425 e. The summed E-state index contributed by atoms with van der Waals surface area (Å²) in [7, 11) is 1.32. The Hall–Kier alpha value is 0.0969. The second-order valence-corrected chi connectivity index (χ2v) is 6.55. The molecule has 4 unspecified atom stereocenters. The Morgan fingerprint density at radius 3 is 3.00 bits per heavy atom. The average Bonchev–Trinajstić information content (AvgIpc) is 2.93. The van der Waals surface area contributed by atoms with Gasteiger partial charge in [0.25, 0.3) is 0 Å². The van der Waals surface area contributed by atoms with Crippen LogP contribution >= 0.6 is 0 Å². The molecule has 1 saturated carbocycles. The highest BCUT2D eigenvalue weighted by Crippen LogP contribution is 2.39. The molecule has 4 atom stereocenters. The fraction of sp³-hybridized carbons (Fsp3) is 1.00. The molecule has 0 aromatic rings. The maximum Gasteiger partial charge on any atom is 0.189 e. The van der Waals surface area contributed by atoms with Gasteiger partial charge >= 0.3 is 0 Å². The first-order chi connectivity index (χ1) is 6.79. The number of ether oxygens (including phenoxy) is 2. The molecule has 14 heavy (non-hydrogen) atoms. The second-order valence-electron chi connectivity index (χ2n) is 4.49. The van der Waals surface area contributed by atoms with Gasteiger partial charge < -0.3 is 13.9 Å². The van der Waals surface area contributed by atoms with Crippen molar-refractivity contribution in [2.45, 2.75) is 44.1 Å². The lowest BCUT2D eigenvalue weighted by Gasteiger charge is -2.20. The van der Waals surface area contributed by atoms with Crippen molar-refractivity contribution in [3.8, 4) is 0 Å². The zero-order chi connectivity index (χ0) is 9.97. The van der Waals surface area contributed by atoms with Crippen LogP contribution in [-0.2, 0) is 13.9 Å². The molecule has 0 N–H and O–H groups in total. The first-order valence-electron chi connectivity index (χ1n) is 5.55. The van der Waals surface area contributed by atoms with E-state index in [1.807, 2.05) is 0 Å². The highest BCUT2D eigenvalue weighted by molar-refractivity contribution is 6.28. The minimum atomic E-state index is -0.457. The molecule has 4 heteroatoms. The summed E-state index contributed by atoms with van der Waals surface area (Å²) in [5.74, 6) is 0.729. The minimum absolute atomic E-state index is 0.359. The molecule has 0 aromatic carbocycles. The van der Waals surface area contributed by atoms with Crippen LogP contribution in [0.2, 0.25) is 0 Å².